The van der Waals surface area contributed by atoms with Crippen LogP contribution in [-0.4, -0.2) is 66.9 Å². The van der Waals surface area contributed by atoms with Crippen molar-refractivity contribution in [3.8, 4) is 5.75 Å². The Morgan fingerprint density at radius 3 is 2.64 bits per heavy atom. The number of hydrogen-bond acceptors (Lipinski definition) is 4. The van der Waals surface area contributed by atoms with Crippen molar-refractivity contribution in [1.29, 1.82) is 0 Å². The summed E-state index contributed by atoms with van der Waals surface area (Å²) in [6.45, 7) is 3.90. The number of benzene rings is 1. The normalized spacial score (nSPS) is 12.9. The van der Waals surface area contributed by atoms with Crippen molar-refractivity contribution in [3.63, 3.8) is 0 Å². The summed E-state index contributed by atoms with van der Waals surface area (Å²) in [6, 6.07) is 5.12. The molecule has 0 saturated heterocycles. The summed E-state index contributed by atoms with van der Waals surface area (Å²) >= 11 is 0. The molecule has 154 valence electrons. The third-order valence-corrected chi connectivity index (χ3v) is 4.48. The van der Waals surface area contributed by atoms with E-state index in [1.165, 1.54) is 13.2 Å². The zero-order valence-electron chi connectivity index (χ0n) is 17.6. The average molecular weight is 391 g/mol. The van der Waals surface area contributed by atoms with Gasteiger partial charge in [0.15, 0.2) is 17.5 Å². The van der Waals surface area contributed by atoms with Crippen LogP contribution in [0.5, 0.6) is 5.75 Å². The van der Waals surface area contributed by atoms with E-state index in [0.717, 1.165) is 23.6 Å². The number of methoxy groups -OCH3 is 1. The molecule has 0 bridgehead atoms. The molecule has 0 fully saturated rings. The maximum absolute atomic E-state index is 14.0. The molecule has 2 rings (SSSR count). The molecule has 0 aliphatic rings. The first-order valence-electron chi connectivity index (χ1n) is 9.32. The number of halogens is 1. The molecule has 1 unspecified atom stereocenters. The summed E-state index contributed by atoms with van der Waals surface area (Å²) in [5.41, 5.74) is 1.97. The number of aromatic nitrogens is 2. The molecule has 1 atom stereocenters. The van der Waals surface area contributed by atoms with Crippen molar-refractivity contribution in [3.05, 3.63) is 47.5 Å². The Bertz CT molecular complexity index is 789. The lowest BCUT2D eigenvalue weighted by Gasteiger charge is -2.25. The summed E-state index contributed by atoms with van der Waals surface area (Å²) in [6.07, 6.45) is 3.88. The van der Waals surface area contributed by atoms with Gasteiger partial charge in [-0.05, 0) is 38.7 Å². The number of nitrogens with one attached hydrogen (secondary N) is 1. The Hall–Kier alpha value is -2.61. The quantitative estimate of drug-likeness (QED) is 0.554. The number of rotatable bonds is 8. The Morgan fingerprint density at radius 2 is 2.11 bits per heavy atom. The van der Waals surface area contributed by atoms with Crippen molar-refractivity contribution >= 4 is 5.96 Å². The summed E-state index contributed by atoms with van der Waals surface area (Å²) < 4.78 is 20.8. The average Bonchev–Trinajstić information content (AvgIpc) is 3.06. The number of nitrogens with zero attached hydrogens (tertiary/aromatic N) is 5. The second-order valence-corrected chi connectivity index (χ2v) is 6.95. The standard InChI is InChI=1S/C20H31FN6O/c1-7-22-20(23-12-18(25(2)3)16-11-24-27(5)14-16)26(4)13-15-8-9-19(28-6)17(21)10-15/h8-11,14,18H,7,12-13H2,1-6H3,(H,22,23). The van der Waals surface area contributed by atoms with Crippen LogP contribution < -0.4 is 10.1 Å². The van der Waals surface area contributed by atoms with Gasteiger partial charge in [-0.1, -0.05) is 6.07 Å². The minimum atomic E-state index is -0.361. The van der Waals surface area contributed by atoms with Gasteiger partial charge in [-0.25, -0.2) is 4.39 Å². The van der Waals surface area contributed by atoms with Gasteiger partial charge < -0.3 is 19.9 Å². The second kappa shape index (κ2) is 10.1. The van der Waals surface area contributed by atoms with Gasteiger partial charge in [0.05, 0.1) is 25.9 Å². The van der Waals surface area contributed by atoms with E-state index < -0.39 is 0 Å². The van der Waals surface area contributed by atoms with E-state index in [1.54, 1.807) is 10.7 Å². The predicted molar refractivity (Wildman–Crippen MR) is 110 cm³/mol. The predicted octanol–water partition coefficient (Wildman–Crippen LogP) is 2.27. The molecule has 2 aromatic rings. The van der Waals surface area contributed by atoms with E-state index in [9.17, 15) is 4.39 Å². The smallest absolute Gasteiger partial charge is 0.194 e. The first-order valence-corrected chi connectivity index (χ1v) is 9.32. The molecule has 1 aromatic heterocycles. The number of aryl methyl sites for hydroxylation is 1. The third-order valence-electron chi connectivity index (χ3n) is 4.48. The lowest BCUT2D eigenvalue weighted by atomic mass is 10.1. The Labute approximate surface area is 166 Å². The molecule has 7 nitrogen and oxygen atoms in total. The molecule has 0 spiro atoms. The van der Waals surface area contributed by atoms with Crippen LogP contribution in [-0.2, 0) is 13.6 Å². The minimum absolute atomic E-state index is 0.120. The molecule has 0 aliphatic heterocycles. The van der Waals surface area contributed by atoms with E-state index in [0.29, 0.717) is 13.1 Å². The van der Waals surface area contributed by atoms with Crippen molar-refractivity contribution in [2.24, 2.45) is 12.0 Å². The number of aliphatic imine (C=N–C) groups is 1. The summed E-state index contributed by atoms with van der Waals surface area (Å²) in [7, 11) is 9.38. The van der Waals surface area contributed by atoms with Gasteiger partial charge in [0.1, 0.15) is 0 Å². The SMILES string of the molecule is CCNC(=NCC(c1cnn(C)c1)N(C)C)N(C)Cc1ccc(OC)c(F)c1. The van der Waals surface area contributed by atoms with Gasteiger partial charge >= 0.3 is 0 Å². The first kappa shape index (κ1) is 21.7. The molecule has 0 amide bonds. The van der Waals surface area contributed by atoms with Crippen LogP contribution in [0.3, 0.4) is 0 Å². The summed E-state index contributed by atoms with van der Waals surface area (Å²) in [5, 5.41) is 7.58. The van der Waals surface area contributed by atoms with E-state index in [4.69, 9.17) is 9.73 Å². The molecule has 8 heteroatoms. The number of hydrogen-bond donors (Lipinski definition) is 1. The van der Waals surface area contributed by atoms with E-state index in [-0.39, 0.29) is 17.6 Å². The lowest BCUT2D eigenvalue weighted by molar-refractivity contribution is 0.305. The zero-order valence-corrected chi connectivity index (χ0v) is 17.6. The van der Waals surface area contributed by atoms with Crippen molar-refractivity contribution in [2.45, 2.75) is 19.5 Å². The zero-order chi connectivity index (χ0) is 20.7. The van der Waals surface area contributed by atoms with Crippen molar-refractivity contribution < 1.29 is 9.13 Å². The fourth-order valence-corrected chi connectivity index (χ4v) is 2.98. The number of likely N-dealkylation sites (N-methyl/N-ethyl adjacent to an activating group) is 1. The number of ether oxygens (including phenoxy) is 1. The second-order valence-electron chi connectivity index (χ2n) is 6.95. The molecule has 0 aliphatic carbocycles. The molecule has 0 radical (unpaired) electrons. The molecule has 1 N–H and O–H groups in total. The van der Waals surface area contributed by atoms with Crippen LogP contribution in [0.1, 0.15) is 24.1 Å². The Kier molecular flexibility index (Phi) is 7.80. The molecular weight excluding hydrogens is 359 g/mol. The van der Waals surface area contributed by atoms with Crippen LogP contribution in [0.15, 0.2) is 35.6 Å². The van der Waals surface area contributed by atoms with E-state index >= 15 is 0 Å². The lowest BCUT2D eigenvalue weighted by Crippen LogP contribution is -2.39. The van der Waals surface area contributed by atoms with Crippen LogP contribution in [0.25, 0.3) is 0 Å². The van der Waals surface area contributed by atoms with E-state index in [2.05, 4.69) is 15.3 Å². The maximum atomic E-state index is 14.0. The highest BCUT2D eigenvalue weighted by molar-refractivity contribution is 5.79. The summed E-state index contributed by atoms with van der Waals surface area (Å²) in [5.74, 6) is 0.659. The van der Waals surface area contributed by atoms with Gasteiger partial charge in [0.25, 0.3) is 0 Å². The molecule has 1 aromatic carbocycles. The topological polar surface area (TPSA) is 57.9 Å². The fraction of sp³-hybridized carbons (Fsp3) is 0.500. The van der Waals surface area contributed by atoms with Crippen LogP contribution in [0, 0.1) is 5.82 Å². The van der Waals surface area contributed by atoms with Crippen LogP contribution in [0.2, 0.25) is 0 Å². The third kappa shape index (κ3) is 5.69. The van der Waals surface area contributed by atoms with E-state index in [1.807, 2.05) is 58.5 Å². The monoisotopic (exact) mass is 390 g/mol. The van der Waals surface area contributed by atoms with Gasteiger partial charge in [-0.3, -0.25) is 9.67 Å². The summed E-state index contributed by atoms with van der Waals surface area (Å²) in [4.78, 5) is 8.92. The highest BCUT2D eigenvalue weighted by atomic mass is 19.1. The minimum Gasteiger partial charge on any atom is -0.494 e. The maximum Gasteiger partial charge on any atom is 0.194 e. The van der Waals surface area contributed by atoms with Crippen LogP contribution in [0.4, 0.5) is 4.39 Å². The molecule has 0 saturated carbocycles. The molecule has 1 heterocycles. The first-order chi connectivity index (χ1) is 13.3. The van der Waals surface area contributed by atoms with Crippen molar-refractivity contribution in [2.75, 3.05) is 41.3 Å². The van der Waals surface area contributed by atoms with Crippen molar-refractivity contribution in [1.82, 2.24) is 24.9 Å². The van der Waals surface area contributed by atoms with Gasteiger partial charge in [-0.15, -0.1) is 0 Å². The number of guanidine groups is 1. The van der Waals surface area contributed by atoms with Crippen LogP contribution >= 0.6 is 0 Å². The largest absolute Gasteiger partial charge is 0.494 e. The molecule has 28 heavy (non-hydrogen) atoms. The Balaban J connectivity index is 2.14. The Morgan fingerprint density at radius 1 is 1.36 bits per heavy atom. The van der Waals surface area contributed by atoms with Gasteiger partial charge in [0, 0.05) is 38.9 Å². The van der Waals surface area contributed by atoms with Gasteiger partial charge in [-0.2, -0.15) is 5.10 Å². The highest BCUT2D eigenvalue weighted by Crippen LogP contribution is 2.19. The highest BCUT2D eigenvalue weighted by Gasteiger charge is 2.17. The van der Waals surface area contributed by atoms with Gasteiger partial charge in [0.2, 0.25) is 0 Å². The molecular formula is C20H31FN6O. The fourth-order valence-electron chi connectivity index (χ4n) is 2.98.